The van der Waals surface area contributed by atoms with Crippen LogP contribution in [0.1, 0.15) is 0 Å². The van der Waals surface area contributed by atoms with Gasteiger partial charge in [0.1, 0.15) is 11.6 Å². The van der Waals surface area contributed by atoms with Gasteiger partial charge in [0.15, 0.2) is 5.65 Å². The van der Waals surface area contributed by atoms with Crippen LogP contribution in [-0.4, -0.2) is 32.2 Å². The second-order valence-corrected chi connectivity index (χ2v) is 3.74. The number of hydrogen-bond acceptors (Lipinski definition) is 5. The Morgan fingerprint density at radius 2 is 2.11 bits per heavy atom. The van der Waals surface area contributed by atoms with E-state index in [1.807, 2.05) is 6.07 Å². The highest BCUT2D eigenvalue weighted by molar-refractivity contribution is 5.76. The van der Waals surface area contributed by atoms with Crippen LogP contribution in [0, 0.1) is 0 Å². The maximum Gasteiger partial charge on any atom is 0.215 e. The van der Waals surface area contributed by atoms with Crippen molar-refractivity contribution >= 4 is 11.2 Å². The molecule has 0 spiro atoms. The normalized spacial score (nSPS) is 10.7. The summed E-state index contributed by atoms with van der Waals surface area (Å²) in [5.41, 5.74) is 2.06. The first kappa shape index (κ1) is 10.5. The van der Waals surface area contributed by atoms with E-state index in [2.05, 4.69) is 19.9 Å². The van der Waals surface area contributed by atoms with Crippen molar-refractivity contribution in [2.24, 2.45) is 0 Å². The number of pyridine rings is 2. The lowest BCUT2D eigenvalue weighted by Gasteiger charge is -1.95. The lowest BCUT2D eigenvalue weighted by atomic mass is 10.2. The number of rotatable bonds is 2. The van der Waals surface area contributed by atoms with Crippen LogP contribution < -0.4 is 4.74 Å². The molecule has 6 heteroatoms. The Labute approximate surface area is 102 Å². The lowest BCUT2D eigenvalue weighted by molar-refractivity contribution is 0.399. The Kier molecular flexibility index (Phi) is 2.33. The van der Waals surface area contributed by atoms with E-state index in [1.165, 1.54) is 6.20 Å². The van der Waals surface area contributed by atoms with Gasteiger partial charge in [-0.15, -0.1) is 0 Å². The van der Waals surface area contributed by atoms with Crippen molar-refractivity contribution < 1.29 is 9.84 Å². The van der Waals surface area contributed by atoms with Gasteiger partial charge in [0.25, 0.3) is 0 Å². The summed E-state index contributed by atoms with van der Waals surface area (Å²) >= 11 is 0. The molecule has 0 bridgehead atoms. The summed E-state index contributed by atoms with van der Waals surface area (Å²) in [7, 11) is 1.56. The van der Waals surface area contributed by atoms with Gasteiger partial charge >= 0.3 is 0 Å². The van der Waals surface area contributed by atoms with E-state index < -0.39 is 0 Å². The van der Waals surface area contributed by atoms with Crippen molar-refractivity contribution in [1.82, 2.24) is 19.9 Å². The Morgan fingerprint density at radius 3 is 2.89 bits per heavy atom. The highest BCUT2D eigenvalue weighted by Crippen LogP contribution is 2.22. The second kappa shape index (κ2) is 3.99. The van der Waals surface area contributed by atoms with Crippen molar-refractivity contribution in [2.45, 2.75) is 0 Å². The van der Waals surface area contributed by atoms with Crippen LogP contribution in [0.15, 0.2) is 30.6 Å². The second-order valence-electron chi connectivity index (χ2n) is 3.74. The van der Waals surface area contributed by atoms with E-state index in [0.29, 0.717) is 22.9 Å². The van der Waals surface area contributed by atoms with Gasteiger partial charge < -0.3 is 14.8 Å². The number of aromatic nitrogens is 4. The Balaban J connectivity index is 2.13. The SMILES string of the molecule is COc1ccc2[nH]c(-c3cncc(O)c3)nc2n1. The summed E-state index contributed by atoms with van der Waals surface area (Å²) in [5.74, 6) is 1.21. The fourth-order valence-electron chi connectivity index (χ4n) is 1.68. The number of hydrogen-bond donors (Lipinski definition) is 2. The van der Waals surface area contributed by atoms with Gasteiger partial charge in [-0.25, -0.2) is 4.98 Å². The topological polar surface area (TPSA) is 83.9 Å². The van der Waals surface area contributed by atoms with E-state index in [9.17, 15) is 5.11 Å². The molecule has 3 aromatic heterocycles. The molecule has 0 aliphatic carbocycles. The summed E-state index contributed by atoms with van der Waals surface area (Å²) in [4.78, 5) is 15.6. The van der Waals surface area contributed by atoms with Crippen LogP contribution in [-0.2, 0) is 0 Å². The molecule has 0 radical (unpaired) electrons. The number of imidazole rings is 1. The van der Waals surface area contributed by atoms with Crippen LogP contribution in [0.25, 0.3) is 22.6 Å². The van der Waals surface area contributed by atoms with Crippen molar-refractivity contribution in [2.75, 3.05) is 7.11 Å². The van der Waals surface area contributed by atoms with Gasteiger partial charge in [0, 0.05) is 17.8 Å². The summed E-state index contributed by atoms with van der Waals surface area (Å²) in [6.45, 7) is 0. The first-order valence-electron chi connectivity index (χ1n) is 5.31. The zero-order chi connectivity index (χ0) is 12.5. The maximum absolute atomic E-state index is 9.39. The molecule has 90 valence electrons. The van der Waals surface area contributed by atoms with Crippen LogP contribution in [0.5, 0.6) is 11.6 Å². The molecule has 0 aliphatic rings. The van der Waals surface area contributed by atoms with Crippen LogP contribution in [0.3, 0.4) is 0 Å². The number of nitrogens with zero attached hydrogens (tertiary/aromatic N) is 3. The van der Waals surface area contributed by atoms with Crippen molar-refractivity contribution in [3.63, 3.8) is 0 Å². The van der Waals surface area contributed by atoms with E-state index in [1.54, 1.807) is 25.4 Å². The molecule has 0 atom stereocenters. The summed E-state index contributed by atoms with van der Waals surface area (Å²) in [6.07, 6.45) is 2.99. The Bertz CT molecular complexity index is 708. The molecule has 0 aliphatic heterocycles. The van der Waals surface area contributed by atoms with Crippen molar-refractivity contribution in [3.05, 3.63) is 30.6 Å². The highest BCUT2D eigenvalue weighted by atomic mass is 16.5. The monoisotopic (exact) mass is 242 g/mol. The predicted molar refractivity (Wildman–Crippen MR) is 65.3 cm³/mol. The number of fused-ring (bicyclic) bond motifs is 1. The molecule has 0 unspecified atom stereocenters. The third kappa shape index (κ3) is 1.73. The fourth-order valence-corrected chi connectivity index (χ4v) is 1.68. The number of methoxy groups -OCH3 is 1. The molecule has 0 amide bonds. The highest BCUT2D eigenvalue weighted by Gasteiger charge is 2.08. The average Bonchev–Trinajstić information content (AvgIpc) is 2.81. The molecule has 0 saturated carbocycles. The molecule has 3 heterocycles. The average molecular weight is 242 g/mol. The zero-order valence-electron chi connectivity index (χ0n) is 9.58. The van der Waals surface area contributed by atoms with Gasteiger partial charge in [0.05, 0.1) is 18.8 Å². The minimum absolute atomic E-state index is 0.0958. The summed E-state index contributed by atoms with van der Waals surface area (Å²) in [5, 5.41) is 9.39. The van der Waals surface area contributed by atoms with Crippen molar-refractivity contribution in [1.29, 1.82) is 0 Å². The van der Waals surface area contributed by atoms with Crippen LogP contribution >= 0.6 is 0 Å². The minimum atomic E-state index is 0.0958. The smallest absolute Gasteiger partial charge is 0.215 e. The van der Waals surface area contributed by atoms with Gasteiger partial charge in [-0.2, -0.15) is 4.98 Å². The number of nitrogens with one attached hydrogen (secondary N) is 1. The molecule has 0 aromatic carbocycles. The number of aromatic amines is 1. The van der Waals surface area contributed by atoms with E-state index >= 15 is 0 Å². The number of aromatic hydroxyl groups is 1. The number of H-pyrrole nitrogens is 1. The molecular formula is C12H10N4O2. The molecular weight excluding hydrogens is 232 g/mol. The third-order valence-electron chi connectivity index (χ3n) is 2.53. The van der Waals surface area contributed by atoms with Crippen molar-refractivity contribution in [3.8, 4) is 23.0 Å². The molecule has 18 heavy (non-hydrogen) atoms. The predicted octanol–water partition coefficient (Wildman–Crippen LogP) is 1.73. The quantitative estimate of drug-likeness (QED) is 0.715. The molecule has 2 N–H and O–H groups in total. The lowest BCUT2D eigenvalue weighted by Crippen LogP contribution is -1.86. The largest absolute Gasteiger partial charge is 0.506 e. The Hall–Kier alpha value is -2.63. The standard InChI is InChI=1S/C12H10N4O2/c1-18-10-3-2-9-12(15-10)16-11(14-9)7-4-8(17)6-13-5-7/h2-6,17H,1H3,(H,14,15,16). The van der Waals surface area contributed by atoms with Gasteiger partial charge in [-0.05, 0) is 12.1 Å². The molecule has 3 rings (SSSR count). The van der Waals surface area contributed by atoms with E-state index in [-0.39, 0.29) is 5.75 Å². The summed E-state index contributed by atoms with van der Waals surface area (Å²) in [6, 6.07) is 5.18. The molecule has 0 saturated heterocycles. The van der Waals surface area contributed by atoms with Crippen LogP contribution in [0.4, 0.5) is 0 Å². The van der Waals surface area contributed by atoms with E-state index in [0.717, 1.165) is 5.52 Å². The van der Waals surface area contributed by atoms with Gasteiger partial charge in [-0.3, -0.25) is 4.98 Å². The van der Waals surface area contributed by atoms with Gasteiger partial charge in [-0.1, -0.05) is 0 Å². The number of ether oxygens (including phenoxy) is 1. The molecule has 6 nitrogen and oxygen atoms in total. The fraction of sp³-hybridized carbons (Fsp3) is 0.0833. The van der Waals surface area contributed by atoms with Gasteiger partial charge in [0.2, 0.25) is 5.88 Å². The third-order valence-corrected chi connectivity index (χ3v) is 2.53. The molecule has 0 fully saturated rings. The zero-order valence-corrected chi connectivity index (χ0v) is 9.58. The first-order chi connectivity index (χ1) is 8.76. The minimum Gasteiger partial charge on any atom is -0.506 e. The molecule has 3 aromatic rings. The maximum atomic E-state index is 9.39. The van der Waals surface area contributed by atoms with E-state index in [4.69, 9.17) is 4.74 Å². The Morgan fingerprint density at radius 1 is 1.22 bits per heavy atom. The first-order valence-corrected chi connectivity index (χ1v) is 5.31. The van der Waals surface area contributed by atoms with Crippen LogP contribution in [0.2, 0.25) is 0 Å². The summed E-state index contributed by atoms with van der Waals surface area (Å²) < 4.78 is 5.04.